The van der Waals surface area contributed by atoms with Crippen LogP contribution in [0.3, 0.4) is 0 Å². The summed E-state index contributed by atoms with van der Waals surface area (Å²) in [6, 6.07) is 15.1. The molecule has 0 spiro atoms. The van der Waals surface area contributed by atoms with E-state index in [1.165, 1.54) is 12.1 Å². The number of hydrogen-bond acceptors (Lipinski definition) is 4. The Morgan fingerprint density at radius 1 is 0.868 bits per heavy atom. The van der Waals surface area contributed by atoms with Gasteiger partial charge in [0.1, 0.15) is 17.7 Å². The first kappa shape index (κ1) is 28.3. The number of alkyl halides is 3. The van der Waals surface area contributed by atoms with E-state index in [1.54, 1.807) is 24.3 Å². The summed E-state index contributed by atoms with van der Waals surface area (Å²) >= 11 is 0. The molecule has 0 bridgehead atoms. The number of unbranched alkanes of at least 4 members (excludes halogenated alkanes) is 2. The first-order valence-electron chi connectivity index (χ1n) is 13.2. The molecule has 1 aliphatic rings. The number of benzene rings is 3. The van der Waals surface area contributed by atoms with E-state index in [0.29, 0.717) is 43.4 Å². The third-order valence-electron chi connectivity index (χ3n) is 6.64. The second kappa shape index (κ2) is 13.4. The van der Waals surface area contributed by atoms with Gasteiger partial charge in [-0.05, 0) is 59.9 Å². The molecule has 0 unspecified atom stereocenters. The van der Waals surface area contributed by atoms with Crippen molar-refractivity contribution in [3.63, 3.8) is 0 Å². The van der Waals surface area contributed by atoms with Crippen LogP contribution in [0.2, 0.25) is 0 Å². The normalized spacial score (nSPS) is 18.1. The Bertz CT molecular complexity index is 1160. The van der Waals surface area contributed by atoms with Crippen LogP contribution in [0.25, 0.3) is 10.8 Å². The monoisotopic (exact) mass is 534 g/mol. The third-order valence-corrected chi connectivity index (χ3v) is 6.64. The van der Waals surface area contributed by atoms with Gasteiger partial charge in [-0.1, -0.05) is 62.2 Å². The standard InChI is InChI=1S/C30H34F4O4/c1-2-3-4-17-35-26-19-36-28(37-20-26)16-9-22-8-15-27-24(18-22)12-11-23(29(27)31)10-5-21-6-13-25(14-7-21)38-30(32,33)34/h6-8,11-15,18,26,28H,2-5,9-10,16-17,19-20H2,1H3. The lowest BCUT2D eigenvalue weighted by atomic mass is 9.98. The molecule has 0 aromatic heterocycles. The van der Waals surface area contributed by atoms with Gasteiger partial charge < -0.3 is 18.9 Å². The predicted octanol–water partition coefficient (Wildman–Crippen LogP) is 7.54. The lowest BCUT2D eigenvalue weighted by molar-refractivity contribution is -0.274. The van der Waals surface area contributed by atoms with E-state index in [2.05, 4.69) is 11.7 Å². The van der Waals surface area contributed by atoms with Crippen LogP contribution in [-0.2, 0) is 33.5 Å². The number of fused-ring (bicyclic) bond motifs is 1. The molecule has 0 amide bonds. The molecule has 0 aliphatic carbocycles. The molecule has 0 atom stereocenters. The molecule has 4 nitrogen and oxygen atoms in total. The number of halogens is 4. The van der Waals surface area contributed by atoms with Gasteiger partial charge in [0.15, 0.2) is 6.29 Å². The van der Waals surface area contributed by atoms with E-state index in [9.17, 15) is 13.2 Å². The molecule has 1 aliphatic heterocycles. The Morgan fingerprint density at radius 2 is 1.61 bits per heavy atom. The van der Waals surface area contributed by atoms with Gasteiger partial charge >= 0.3 is 6.36 Å². The summed E-state index contributed by atoms with van der Waals surface area (Å²) < 4.78 is 73.5. The Hall–Kier alpha value is -2.68. The molecule has 0 saturated carbocycles. The summed E-state index contributed by atoms with van der Waals surface area (Å²) in [7, 11) is 0. The molecule has 1 saturated heterocycles. The topological polar surface area (TPSA) is 36.9 Å². The lowest BCUT2D eigenvalue weighted by Crippen LogP contribution is -2.37. The zero-order valence-electron chi connectivity index (χ0n) is 21.6. The van der Waals surface area contributed by atoms with Crippen LogP contribution in [0, 0.1) is 5.82 Å². The van der Waals surface area contributed by atoms with E-state index < -0.39 is 6.36 Å². The molecule has 0 radical (unpaired) electrons. The summed E-state index contributed by atoms with van der Waals surface area (Å²) in [5.74, 6) is -0.540. The van der Waals surface area contributed by atoms with Crippen molar-refractivity contribution in [2.75, 3.05) is 19.8 Å². The first-order chi connectivity index (χ1) is 18.3. The molecule has 0 N–H and O–H groups in total. The van der Waals surface area contributed by atoms with Gasteiger partial charge in [-0.15, -0.1) is 13.2 Å². The molecule has 3 aromatic rings. The second-order valence-corrected chi connectivity index (χ2v) is 9.62. The summed E-state index contributed by atoms with van der Waals surface area (Å²) in [4.78, 5) is 0. The van der Waals surface area contributed by atoms with E-state index in [1.807, 2.05) is 18.2 Å². The van der Waals surface area contributed by atoms with Crippen molar-refractivity contribution in [2.45, 2.75) is 70.6 Å². The first-order valence-corrected chi connectivity index (χ1v) is 13.2. The summed E-state index contributed by atoms with van der Waals surface area (Å²) in [6.45, 7) is 3.97. The number of aryl methyl sites for hydroxylation is 3. The maximum atomic E-state index is 15.2. The molecule has 4 rings (SSSR count). The minimum Gasteiger partial charge on any atom is -0.406 e. The highest BCUT2D eigenvalue weighted by atomic mass is 19.4. The molecule has 206 valence electrons. The van der Waals surface area contributed by atoms with Crippen LogP contribution in [0.15, 0.2) is 54.6 Å². The zero-order chi connectivity index (χ0) is 27.0. The Kier molecular flexibility index (Phi) is 9.99. The average molecular weight is 535 g/mol. The largest absolute Gasteiger partial charge is 0.573 e. The van der Waals surface area contributed by atoms with Crippen molar-refractivity contribution < 1.29 is 36.5 Å². The summed E-state index contributed by atoms with van der Waals surface area (Å²) in [6.07, 6.45) is 0.769. The molecule has 1 fully saturated rings. The van der Waals surface area contributed by atoms with Crippen molar-refractivity contribution in [1.82, 2.24) is 0 Å². The highest BCUT2D eigenvalue weighted by Crippen LogP contribution is 2.26. The third kappa shape index (κ3) is 8.41. The van der Waals surface area contributed by atoms with Gasteiger partial charge in [-0.3, -0.25) is 0 Å². The Labute approximate surface area is 220 Å². The van der Waals surface area contributed by atoms with Gasteiger partial charge in [0.25, 0.3) is 0 Å². The van der Waals surface area contributed by atoms with Crippen molar-refractivity contribution in [3.8, 4) is 5.75 Å². The molecule has 8 heteroatoms. The smallest absolute Gasteiger partial charge is 0.406 e. The van der Waals surface area contributed by atoms with Crippen LogP contribution in [0.1, 0.15) is 49.3 Å². The maximum Gasteiger partial charge on any atom is 0.573 e. The van der Waals surface area contributed by atoms with Crippen LogP contribution in [0.4, 0.5) is 17.6 Å². The molecule has 1 heterocycles. The van der Waals surface area contributed by atoms with Crippen molar-refractivity contribution in [2.24, 2.45) is 0 Å². The lowest BCUT2D eigenvalue weighted by Gasteiger charge is -2.29. The molecular weight excluding hydrogens is 500 g/mol. The predicted molar refractivity (Wildman–Crippen MR) is 138 cm³/mol. The van der Waals surface area contributed by atoms with Crippen LogP contribution >= 0.6 is 0 Å². The van der Waals surface area contributed by atoms with E-state index in [-0.39, 0.29) is 24.0 Å². The van der Waals surface area contributed by atoms with E-state index in [4.69, 9.17) is 14.2 Å². The van der Waals surface area contributed by atoms with Crippen LogP contribution in [-0.4, -0.2) is 38.6 Å². The van der Waals surface area contributed by atoms with Gasteiger partial charge in [0.2, 0.25) is 0 Å². The zero-order valence-corrected chi connectivity index (χ0v) is 21.6. The highest BCUT2D eigenvalue weighted by Gasteiger charge is 2.31. The van der Waals surface area contributed by atoms with Gasteiger partial charge in [-0.25, -0.2) is 4.39 Å². The number of rotatable bonds is 12. The fraction of sp³-hybridized carbons (Fsp3) is 0.467. The fourth-order valence-electron chi connectivity index (χ4n) is 4.55. The molecule has 3 aromatic carbocycles. The van der Waals surface area contributed by atoms with Gasteiger partial charge in [-0.2, -0.15) is 0 Å². The SMILES string of the molecule is CCCCCOC1COC(CCc2ccc3c(F)c(CCc4ccc(OC(F)(F)F)cc4)ccc3c2)OC1. The van der Waals surface area contributed by atoms with Gasteiger partial charge in [0, 0.05) is 18.4 Å². The average Bonchev–Trinajstić information content (AvgIpc) is 2.90. The summed E-state index contributed by atoms with van der Waals surface area (Å²) in [5.41, 5.74) is 2.45. The summed E-state index contributed by atoms with van der Waals surface area (Å²) in [5, 5.41) is 1.37. The number of ether oxygens (including phenoxy) is 4. The van der Waals surface area contributed by atoms with Crippen LogP contribution < -0.4 is 4.74 Å². The van der Waals surface area contributed by atoms with Crippen molar-refractivity contribution >= 4 is 10.8 Å². The second-order valence-electron chi connectivity index (χ2n) is 9.62. The van der Waals surface area contributed by atoms with E-state index in [0.717, 1.165) is 48.8 Å². The number of hydrogen-bond donors (Lipinski definition) is 0. The molecular formula is C30H34F4O4. The fourth-order valence-corrected chi connectivity index (χ4v) is 4.55. The highest BCUT2D eigenvalue weighted by molar-refractivity contribution is 5.84. The molecule has 38 heavy (non-hydrogen) atoms. The quantitative estimate of drug-likeness (QED) is 0.178. The van der Waals surface area contributed by atoms with Crippen molar-refractivity contribution in [3.05, 3.63) is 77.1 Å². The minimum absolute atomic E-state index is 0.0105. The van der Waals surface area contributed by atoms with Crippen molar-refractivity contribution in [1.29, 1.82) is 0 Å². The Balaban J connectivity index is 1.26. The van der Waals surface area contributed by atoms with Crippen LogP contribution in [0.5, 0.6) is 5.75 Å². The maximum absolute atomic E-state index is 15.2. The van der Waals surface area contributed by atoms with Gasteiger partial charge in [0.05, 0.1) is 13.2 Å². The Morgan fingerprint density at radius 3 is 2.32 bits per heavy atom. The van der Waals surface area contributed by atoms with E-state index >= 15 is 4.39 Å². The minimum atomic E-state index is -4.72.